The summed E-state index contributed by atoms with van der Waals surface area (Å²) in [5, 5.41) is 50.2. The highest BCUT2D eigenvalue weighted by molar-refractivity contribution is 7.91. The van der Waals surface area contributed by atoms with Gasteiger partial charge in [0.15, 0.2) is 0 Å². The van der Waals surface area contributed by atoms with Crippen LogP contribution in [0.3, 0.4) is 0 Å². The van der Waals surface area contributed by atoms with Crippen LogP contribution in [0.4, 0.5) is 5.69 Å². The SMILES string of the molecule is NS(=O)(=O)c1nn2cc(-c3ccc(NC(=O)CCC(C(=O)O)N4CCN(CC(=O)O)CCN(CC(=O)O)CCN(CC(=O)O)CC4)cc3)nc2s1. The first-order valence-electron chi connectivity index (χ1n) is 15.7. The van der Waals surface area contributed by atoms with Crippen molar-refractivity contribution in [3.63, 3.8) is 0 Å². The van der Waals surface area contributed by atoms with Gasteiger partial charge in [0.1, 0.15) is 6.04 Å². The monoisotopic (exact) mass is 753 g/mol. The zero-order chi connectivity index (χ0) is 37.3. The minimum Gasteiger partial charge on any atom is -0.480 e. The van der Waals surface area contributed by atoms with Gasteiger partial charge in [-0.1, -0.05) is 23.5 Å². The number of benzene rings is 1. The Labute approximate surface area is 295 Å². The summed E-state index contributed by atoms with van der Waals surface area (Å²) in [6, 6.07) is 5.47. The van der Waals surface area contributed by atoms with E-state index in [1.807, 2.05) is 0 Å². The smallest absolute Gasteiger partial charge is 0.320 e. The third kappa shape index (κ3) is 12.0. The molecule has 1 aliphatic heterocycles. The van der Waals surface area contributed by atoms with E-state index >= 15 is 0 Å². The molecule has 1 unspecified atom stereocenters. The molecule has 0 spiro atoms. The Morgan fingerprint density at radius 1 is 0.804 bits per heavy atom. The maximum absolute atomic E-state index is 12.9. The lowest BCUT2D eigenvalue weighted by Crippen LogP contribution is -2.52. The van der Waals surface area contributed by atoms with E-state index in [0.29, 0.717) is 21.9 Å². The van der Waals surface area contributed by atoms with Crippen LogP contribution in [-0.2, 0) is 34.0 Å². The summed E-state index contributed by atoms with van der Waals surface area (Å²) in [6.07, 6.45) is 1.27. The fourth-order valence-corrected chi connectivity index (χ4v) is 7.03. The molecule has 22 heteroatoms. The summed E-state index contributed by atoms with van der Waals surface area (Å²) in [7, 11) is -3.96. The van der Waals surface area contributed by atoms with E-state index in [9.17, 15) is 52.8 Å². The first-order chi connectivity index (χ1) is 24.1. The second kappa shape index (κ2) is 17.6. The molecule has 0 radical (unpaired) electrons. The molecule has 20 nitrogen and oxygen atoms in total. The van der Waals surface area contributed by atoms with Crippen molar-refractivity contribution in [2.24, 2.45) is 5.14 Å². The van der Waals surface area contributed by atoms with Gasteiger partial charge in [0.2, 0.25) is 15.2 Å². The van der Waals surface area contributed by atoms with Crippen LogP contribution in [0.2, 0.25) is 0 Å². The van der Waals surface area contributed by atoms with Crippen LogP contribution in [0.1, 0.15) is 12.8 Å². The third-order valence-corrected chi connectivity index (χ3v) is 10.3. The lowest BCUT2D eigenvalue weighted by atomic mass is 10.1. The number of sulfonamides is 1. The van der Waals surface area contributed by atoms with Crippen molar-refractivity contribution in [2.45, 2.75) is 23.2 Å². The number of imidazole rings is 1. The van der Waals surface area contributed by atoms with Crippen molar-refractivity contribution in [1.29, 1.82) is 0 Å². The predicted octanol–water partition coefficient (Wildman–Crippen LogP) is -1.25. The van der Waals surface area contributed by atoms with Gasteiger partial charge in [0, 0.05) is 70.0 Å². The Morgan fingerprint density at radius 2 is 1.29 bits per heavy atom. The van der Waals surface area contributed by atoms with Crippen LogP contribution in [0.15, 0.2) is 34.8 Å². The van der Waals surface area contributed by atoms with E-state index in [-0.39, 0.29) is 89.2 Å². The number of hydrogen-bond donors (Lipinski definition) is 6. The number of nitrogens with zero attached hydrogens (tertiary/aromatic N) is 7. The van der Waals surface area contributed by atoms with E-state index in [4.69, 9.17) is 5.14 Å². The number of primary sulfonamides is 1. The molecule has 3 heterocycles. The number of aliphatic carboxylic acids is 4. The Kier molecular flexibility index (Phi) is 13.5. The van der Waals surface area contributed by atoms with Crippen molar-refractivity contribution in [3.05, 3.63) is 30.5 Å². The number of nitrogens with one attached hydrogen (secondary N) is 1. The molecular weight excluding hydrogens is 715 g/mol. The topological polar surface area (TPSA) is 282 Å². The van der Waals surface area contributed by atoms with Crippen molar-refractivity contribution >= 4 is 61.8 Å². The molecule has 1 aromatic carbocycles. The number of fused-ring (bicyclic) bond motifs is 1. The summed E-state index contributed by atoms with van der Waals surface area (Å²) in [5.74, 6) is -4.95. The summed E-state index contributed by atoms with van der Waals surface area (Å²) in [5.41, 5.74) is 1.60. The van der Waals surface area contributed by atoms with Crippen LogP contribution in [0.5, 0.6) is 0 Å². The van der Waals surface area contributed by atoms with Gasteiger partial charge in [-0.25, -0.2) is 23.1 Å². The molecule has 7 N–H and O–H groups in total. The van der Waals surface area contributed by atoms with Crippen molar-refractivity contribution in [1.82, 2.24) is 34.2 Å². The first kappa shape index (κ1) is 39.2. The number of carboxylic acid groups (broad SMARTS) is 4. The molecular formula is C29H39N9O11S2. The van der Waals surface area contributed by atoms with Crippen LogP contribution >= 0.6 is 11.3 Å². The zero-order valence-corrected chi connectivity index (χ0v) is 29.0. The van der Waals surface area contributed by atoms with Crippen LogP contribution in [0, 0.1) is 0 Å². The van der Waals surface area contributed by atoms with Crippen molar-refractivity contribution in [3.8, 4) is 11.3 Å². The number of aromatic nitrogens is 3. The van der Waals surface area contributed by atoms with E-state index in [2.05, 4.69) is 15.4 Å². The predicted molar refractivity (Wildman–Crippen MR) is 181 cm³/mol. The Morgan fingerprint density at radius 3 is 1.73 bits per heavy atom. The lowest BCUT2D eigenvalue weighted by Gasteiger charge is -2.35. The normalized spacial score (nSPS) is 17.0. The Bertz CT molecular complexity index is 1770. The zero-order valence-electron chi connectivity index (χ0n) is 27.3. The highest BCUT2D eigenvalue weighted by Crippen LogP contribution is 2.25. The van der Waals surface area contributed by atoms with Crippen molar-refractivity contribution in [2.75, 3.05) is 77.3 Å². The molecule has 0 saturated carbocycles. The second-order valence-corrected chi connectivity index (χ2v) is 14.5. The molecule has 1 fully saturated rings. The maximum Gasteiger partial charge on any atom is 0.320 e. The Hall–Kier alpha value is -4.58. The molecule has 1 amide bonds. The largest absolute Gasteiger partial charge is 0.480 e. The third-order valence-electron chi connectivity index (χ3n) is 8.05. The number of nitrogens with two attached hydrogens (primary N) is 1. The maximum atomic E-state index is 12.9. The van der Waals surface area contributed by atoms with E-state index in [1.54, 1.807) is 43.9 Å². The van der Waals surface area contributed by atoms with Gasteiger partial charge in [-0.15, -0.1) is 5.10 Å². The molecule has 1 atom stereocenters. The van der Waals surface area contributed by atoms with Gasteiger partial charge in [-0.05, 0) is 18.6 Å². The van der Waals surface area contributed by atoms with Gasteiger partial charge in [-0.3, -0.25) is 43.6 Å². The van der Waals surface area contributed by atoms with E-state index < -0.39 is 45.8 Å². The van der Waals surface area contributed by atoms with Crippen LogP contribution < -0.4 is 10.5 Å². The Balaban J connectivity index is 1.41. The van der Waals surface area contributed by atoms with Crippen LogP contribution in [-0.4, -0.2) is 171 Å². The number of carboxylic acids is 4. The number of anilines is 1. The number of carbonyl (C=O) groups excluding carboxylic acids is 1. The highest BCUT2D eigenvalue weighted by Gasteiger charge is 2.29. The highest BCUT2D eigenvalue weighted by atomic mass is 32.2. The van der Waals surface area contributed by atoms with E-state index in [0.717, 1.165) is 11.3 Å². The molecule has 1 aliphatic rings. The number of hydrogen-bond acceptors (Lipinski definition) is 14. The van der Waals surface area contributed by atoms with Gasteiger partial charge in [-0.2, -0.15) is 0 Å². The van der Waals surface area contributed by atoms with Gasteiger partial charge in [0.25, 0.3) is 10.0 Å². The minimum atomic E-state index is -3.96. The minimum absolute atomic E-state index is 0.0948. The molecule has 278 valence electrons. The standard InChI is InChI=1S/C29H39N9O11S2/c30-51(48,49)29-33-38-15-21(32-28(38)50-29)19-1-3-20(4-2-19)31-23(39)6-5-22(27(46)47)37-13-11-35(17-25(42)43)9-7-34(16-24(40)41)8-10-36(12-14-37)18-26(44)45/h1-4,15,22H,5-14,16-18H2,(H,31,39)(H,40,41)(H,42,43)(H,44,45)(H,46,47)(H2,30,48,49). The van der Waals surface area contributed by atoms with Gasteiger partial charge >= 0.3 is 23.9 Å². The average Bonchev–Trinajstić information content (AvgIpc) is 3.62. The summed E-state index contributed by atoms with van der Waals surface area (Å²) in [4.78, 5) is 71.0. The average molecular weight is 754 g/mol. The molecule has 0 aliphatic carbocycles. The molecule has 3 aromatic rings. The van der Waals surface area contributed by atoms with Gasteiger partial charge < -0.3 is 25.7 Å². The molecule has 51 heavy (non-hydrogen) atoms. The van der Waals surface area contributed by atoms with E-state index in [1.165, 1.54) is 10.7 Å². The lowest BCUT2D eigenvalue weighted by molar-refractivity contribution is -0.145. The number of amides is 1. The van der Waals surface area contributed by atoms with Crippen molar-refractivity contribution < 1.29 is 52.8 Å². The van der Waals surface area contributed by atoms with Crippen LogP contribution in [0.25, 0.3) is 16.2 Å². The molecule has 0 bridgehead atoms. The molecule has 1 saturated heterocycles. The number of rotatable bonds is 14. The summed E-state index contributed by atoms with van der Waals surface area (Å²) in [6.45, 7) is 0.196. The number of carbonyl (C=O) groups is 5. The summed E-state index contributed by atoms with van der Waals surface area (Å²) >= 11 is 0.818. The quantitative estimate of drug-likeness (QED) is 0.112. The fraction of sp³-hybridized carbons (Fsp3) is 0.483. The molecule has 4 rings (SSSR count). The summed E-state index contributed by atoms with van der Waals surface area (Å²) < 4.78 is 24.1. The van der Waals surface area contributed by atoms with Gasteiger partial charge in [0.05, 0.1) is 31.5 Å². The first-order valence-corrected chi connectivity index (χ1v) is 18.0. The fourth-order valence-electron chi connectivity index (χ4n) is 5.53. The molecule has 2 aromatic heterocycles. The second-order valence-electron chi connectivity index (χ2n) is 11.8.